The molecule has 74 heavy (non-hydrogen) atoms. The molecule has 0 spiro atoms. The summed E-state index contributed by atoms with van der Waals surface area (Å²) < 4.78 is 33.0. The molecule has 0 aromatic carbocycles. The van der Waals surface area contributed by atoms with Crippen LogP contribution in [0.25, 0.3) is 0 Å². The van der Waals surface area contributed by atoms with Gasteiger partial charge in [0.1, 0.15) is 6.61 Å². The van der Waals surface area contributed by atoms with Crippen LogP contribution in [-0.4, -0.2) is 49.3 Å². The highest BCUT2D eigenvalue weighted by molar-refractivity contribution is 7.47. The number of carbonyl (C=O) groups excluding carboxylic acids is 2. The largest absolute Gasteiger partial charge is 0.472 e. The van der Waals surface area contributed by atoms with Crippen LogP contribution in [0.15, 0.2) is 48.6 Å². The van der Waals surface area contributed by atoms with Crippen molar-refractivity contribution in [2.24, 2.45) is 5.73 Å². The minimum absolute atomic E-state index is 0.0536. The molecule has 2 atom stereocenters. The highest BCUT2D eigenvalue weighted by atomic mass is 31.2. The lowest BCUT2D eigenvalue weighted by molar-refractivity contribution is -0.161. The quantitative estimate of drug-likeness (QED) is 0.0264. The van der Waals surface area contributed by atoms with E-state index in [1.54, 1.807) is 0 Å². The second kappa shape index (κ2) is 60.2. The average molecular weight is 1060 g/mol. The number of phosphoric ester groups is 1. The highest BCUT2D eigenvalue weighted by Gasteiger charge is 2.26. The van der Waals surface area contributed by atoms with Crippen molar-refractivity contribution < 1.29 is 37.6 Å². The topological polar surface area (TPSA) is 134 Å². The van der Waals surface area contributed by atoms with Gasteiger partial charge in [-0.1, -0.05) is 274 Å². The van der Waals surface area contributed by atoms with Crippen LogP contribution in [0.3, 0.4) is 0 Å². The van der Waals surface area contributed by atoms with Gasteiger partial charge in [0, 0.05) is 19.4 Å². The van der Waals surface area contributed by atoms with Gasteiger partial charge < -0.3 is 20.1 Å². The van der Waals surface area contributed by atoms with Gasteiger partial charge in [-0.2, -0.15) is 0 Å². The van der Waals surface area contributed by atoms with Crippen molar-refractivity contribution in [2.45, 2.75) is 322 Å². The molecule has 0 aliphatic heterocycles. The van der Waals surface area contributed by atoms with Gasteiger partial charge in [0.05, 0.1) is 13.2 Å². The Balaban J connectivity index is 3.76. The Labute approximate surface area is 457 Å². The fourth-order valence-corrected chi connectivity index (χ4v) is 9.99. The predicted octanol–water partition coefficient (Wildman–Crippen LogP) is 20.1. The van der Waals surface area contributed by atoms with E-state index in [-0.39, 0.29) is 38.6 Å². The number of esters is 2. The number of hydrogen-bond donors (Lipinski definition) is 2. The molecule has 0 radical (unpaired) electrons. The Morgan fingerprint density at radius 1 is 0.405 bits per heavy atom. The number of allylic oxidation sites excluding steroid dienone is 8. The van der Waals surface area contributed by atoms with Crippen LogP contribution < -0.4 is 5.73 Å². The van der Waals surface area contributed by atoms with Gasteiger partial charge in [-0.25, -0.2) is 4.57 Å². The Morgan fingerprint density at radius 3 is 1.05 bits per heavy atom. The molecule has 0 bridgehead atoms. The van der Waals surface area contributed by atoms with E-state index in [1.165, 1.54) is 218 Å². The number of hydrogen-bond acceptors (Lipinski definition) is 8. The molecule has 434 valence electrons. The smallest absolute Gasteiger partial charge is 0.462 e. The third-order valence-electron chi connectivity index (χ3n) is 13.9. The van der Waals surface area contributed by atoms with Crippen LogP contribution in [0.4, 0.5) is 0 Å². The van der Waals surface area contributed by atoms with E-state index in [0.29, 0.717) is 6.42 Å². The van der Waals surface area contributed by atoms with Crippen molar-refractivity contribution >= 4 is 19.8 Å². The van der Waals surface area contributed by atoms with E-state index in [9.17, 15) is 19.0 Å². The summed E-state index contributed by atoms with van der Waals surface area (Å²) in [4.78, 5) is 35.1. The zero-order valence-corrected chi connectivity index (χ0v) is 49.5. The first-order valence-electron chi connectivity index (χ1n) is 31.6. The third kappa shape index (κ3) is 59.2. The number of ether oxygens (including phenoxy) is 2. The molecule has 0 saturated heterocycles. The summed E-state index contributed by atoms with van der Waals surface area (Å²) in [5.41, 5.74) is 5.38. The summed E-state index contributed by atoms with van der Waals surface area (Å²) in [6, 6.07) is 0. The number of nitrogens with two attached hydrogens (primary N) is 1. The Hall–Kier alpha value is -2.03. The highest BCUT2D eigenvalue weighted by Crippen LogP contribution is 2.43. The van der Waals surface area contributed by atoms with E-state index in [2.05, 4.69) is 62.5 Å². The van der Waals surface area contributed by atoms with E-state index < -0.39 is 26.5 Å². The van der Waals surface area contributed by atoms with Crippen molar-refractivity contribution in [3.63, 3.8) is 0 Å². The minimum atomic E-state index is -4.39. The maximum Gasteiger partial charge on any atom is 0.472 e. The SMILES string of the molecule is CCCCCCC/C=C\C/C=C\C/C=C\CCCCCCCCCCCCCCCCCCCCCCCCCCC(=O)OC(COC(=O)CCCCCCC/C=C\CCCCCCC)COP(=O)(O)OCCN. The molecule has 0 heterocycles. The first-order chi connectivity index (χ1) is 36.3. The second-order valence-corrected chi connectivity index (χ2v) is 22.7. The van der Waals surface area contributed by atoms with Crippen LogP contribution >= 0.6 is 7.82 Å². The molecular formula is C64H120NO8P. The van der Waals surface area contributed by atoms with Crippen molar-refractivity contribution in [3.8, 4) is 0 Å². The van der Waals surface area contributed by atoms with Gasteiger partial charge in [-0.3, -0.25) is 18.6 Å². The molecule has 0 aliphatic rings. The van der Waals surface area contributed by atoms with Crippen LogP contribution in [0.2, 0.25) is 0 Å². The average Bonchev–Trinajstić information content (AvgIpc) is 3.39. The van der Waals surface area contributed by atoms with Gasteiger partial charge in [-0.15, -0.1) is 0 Å². The summed E-state index contributed by atoms with van der Waals surface area (Å²) in [6.45, 7) is 3.75. The lowest BCUT2D eigenvalue weighted by Gasteiger charge is -2.19. The maximum atomic E-state index is 12.7. The Bertz CT molecular complexity index is 1350. The van der Waals surface area contributed by atoms with E-state index in [0.717, 1.165) is 64.2 Å². The zero-order valence-electron chi connectivity index (χ0n) is 48.6. The normalized spacial score (nSPS) is 13.3. The van der Waals surface area contributed by atoms with Crippen molar-refractivity contribution in [1.82, 2.24) is 0 Å². The predicted molar refractivity (Wildman–Crippen MR) is 317 cm³/mol. The molecule has 0 fully saturated rings. The van der Waals surface area contributed by atoms with Crippen molar-refractivity contribution in [3.05, 3.63) is 48.6 Å². The number of carbonyl (C=O) groups is 2. The summed E-state index contributed by atoms with van der Waals surface area (Å²) in [5, 5.41) is 0. The van der Waals surface area contributed by atoms with Crippen LogP contribution in [0, 0.1) is 0 Å². The molecule has 2 unspecified atom stereocenters. The van der Waals surface area contributed by atoms with Crippen LogP contribution in [0.1, 0.15) is 316 Å². The minimum Gasteiger partial charge on any atom is -0.462 e. The lowest BCUT2D eigenvalue weighted by Crippen LogP contribution is -2.29. The molecule has 0 rings (SSSR count). The molecule has 0 saturated carbocycles. The monoisotopic (exact) mass is 1060 g/mol. The fraction of sp³-hybridized carbons (Fsp3) is 0.844. The van der Waals surface area contributed by atoms with Crippen LogP contribution in [-0.2, 0) is 32.7 Å². The maximum absolute atomic E-state index is 12.7. The summed E-state index contributed by atoms with van der Waals surface area (Å²) >= 11 is 0. The number of phosphoric acid groups is 1. The Morgan fingerprint density at radius 2 is 0.703 bits per heavy atom. The molecule has 0 aromatic heterocycles. The zero-order chi connectivity index (χ0) is 53.8. The standard InChI is InChI=1S/C64H120NO8P/c1-3-5-7-9-11-13-15-17-19-20-21-22-23-24-25-26-27-28-29-30-31-32-33-34-35-36-37-38-39-40-41-42-43-45-47-49-51-53-55-57-64(67)73-62(61-72-74(68,69)71-59-58-65)60-70-63(66)56-54-52-50-48-46-44-18-16-14-12-10-8-6-4-2/h15-18,20-21,23-24,62H,3-14,19,22,25-61,65H2,1-2H3,(H,68,69)/b17-15-,18-16-,21-20-,24-23-. The molecular weight excluding hydrogens is 942 g/mol. The number of rotatable bonds is 60. The van der Waals surface area contributed by atoms with Crippen LogP contribution in [0.5, 0.6) is 0 Å². The van der Waals surface area contributed by atoms with E-state index >= 15 is 0 Å². The van der Waals surface area contributed by atoms with Gasteiger partial charge in [0.2, 0.25) is 0 Å². The molecule has 10 heteroatoms. The first kappa shape index (κ1) is 72.0. The van der Waals surface area contributed by atoms with Gasteiger partial charge in [-0.05, 0) is 77.0 Å². The Kier molecular flexibility index (Phi) is 58.6. The lowest BCUT2D eigenvalue weighted by atomic mass is 10.0. The summed E-state index contributed by atoms with van der Waals surface area (Å²) in [7, 11) is -4.39. The summed E-state index contributed by atoms with van der Waals surface area (Å²) in [6.07, 6.45) is 74.9. The van der Waals surface area contributed by atoms with Gasteiger partial charge in [0.15, 0.2) is 6.10 Å². The molecule has 3 N–H and O–H groups in total. The molecule has 0 aromatic rings. The van der Waals surface area contributed by atoms with Crippen molar-refractivity contribution in [1.29, 1.82) is 0 Å². The van der Waals surface area contributed by atoms with E-state index in [4.69, 9.17) is 24.3 Å². The molecule has 9 nitrogen and oxygen atoms in total. The van der Waals surface area contributed by atoms with Gasteiger partial charge in [0.25, 0.3) is 0 Å². The first-order valence-corrected chi connectivity index (χ1v) is 33.1. The van der Waals surface area contributed by atoms with Crippen molar-refractivity contribution in [2.75, 3.05) is 26.4 Å². The molecule has 0 amide bonds. The third-order valence-corrected chi connectivity index (χ3v) is 14.9. The fourth-order valence-electron chi connectivity index (χ4n) is 9.23. The number of unbranched alkanes of at least 4 members (excludes halogenated alkanes) is 39. The summed E-state index contributed by atoms with van der Waals surface area (Å²) in [5.74, 6) is -0.825. The second-order valence-electron chi connectivity index (χ2n) is 21.3. The molecule has 0 aliphatic carbocycles. The van der Waals surface area contributed by atoms with Gasteiger partial charge >= 0.3 is 19.8 Å². The van der Waals surface area contributed by atoms with E-state index in [1.807, 2.05) is 0 Å².